The molecule has 10 nitrogen and oxygen atoms in total. The van der Waals surface area contributed by atoms with Gasteiger partial charge in [-0.1, -0.05) is 19.8 Å². The van der Waals surface area contributed by atoms with Gasteiger partial charge in [0.05, 0.1) is 10.6 Å². The number of benzene rings is 1. The van der Waals surface area contributed by atoms with Crippen molar-refractivity contribution < 1.29 is 28.5 Å². The highest BCUT2D eigenvalue weighted by molar-refractivity contribution is 6.45. The first-order chi connectivity index (χ1) is 13.7. The van der Waals surface area contributed by atoms with Crippen molar-refractivity contribution in [3.05, 3.63) is 34.1 Å². The standard InChI is InChI=1S/C18H19FN4O6/c1-10-4-2-3-5-14(10)22-17(26)16(25)21(18(22)27)9-15(24)20-13-8-11(23(28)29)6-7-12(13)19/h6-8,10,14H,2-5,9H2,1H3,(H,20,24)/t10-,14+/m1/s1. The van der Waals surface area contributed by atoms with E-state index in [-0.39, 0.29) is 5.92 Å². The number of carbonyl (C=O) groups excluding carboxylic acids is 4. The van der Waals surface area contributed by atoms with Crippen molar-refractivity contribution in [2.45, 2.75) is 38.6 Å². The van der Waals surface area contributed by atoms with Crippen LogP contribution in [-0.2, 0) is 14.4 Å². The van der Waals surface area contributed by atoms with Crippen LogP contribution in [0.25, 0.3) is 0 Å². The van der Waals surface area contributed by atoms with Gasteiger partial charge in [-0.25, -0.2) is 14.1 Å². The van der Waals surface area contributed by atoms with Crippen molar-refractivity contribution >= 4 is 35.1 Å². The molecule has 29 heavy (non-hydrogen) atoms. The molecule has 2 atom stereocenters. The fourth-order valence-corrected chi connectivity index (χ4v) is 3.69. The lowest BCUT2D eigenvalue weighted by molar-refractivity contribution is -0.384. The Bertz CT molecular complexity index is 904. The van der Waals surface area contributed by atoms with Gasteiger partial charge >= 0.3 is 17.8 Å². The molecule has 154 valence electrons. The van der Waals surface area contributed by atoms with Gasteiger partial charge in [-0.3, -0.25) is 29.4 Å². The zero-order valence-corrected chi connectivity index (χ0v) is 15.6. The van der Waals surface area contributed by atoms with Gasteiger partial charge in [0, 0.05) is 18.2 Å². The Hall–Kier alpha value is -3.37. The lowest BCUT2D eigenvalue weighted by Crippen LogP contribution is -2.46. The fraction of sp³-hybridized carbons (Fsp3) is 0.444. The molecule has 1 aromatic carbocycles. The number of nitrogens with one attached hydrogen (secondary N) is 1. The van der Waals surface area contributed by atoms with Gasteiger partial charge in [0.25, 0.3) is 5.69 Å². The zero-order valence-electron chi connectivity index (χ0n) is 15.6. The number of amides is 5. The highest BCUT2D eigenvalue weighted by atomic mass is 19.1. The molecule has 0 unspecified atom stereocenters. The van der Waals surface area contributed by atoms with Crippen molar-refractivity contribution in [2.75, 3.05) is 11.9 Å². The van der Waals surface area contributed by atoms with Gasteiger partial charge in [0.2, 0.25) is 5.91 Å². The van der Waals surface area contributed by atoms with E-state index in [9.17, 15) is 33.7 Å². The van der Waals surface area contributed by atoms with Crippen molar-refractivity contribution in [1.29, 1.82) is 0 Å². The smallest absolute Gasteiger partial charge is 0.322 e. The molecule has 3 rings (SSSR count). The SMILES string of the molecule is C[C@@H]1CCCC[C@@H]1N1C(=O)C(=O)N(CC(=O)Nc2cc([N+](=O)[O-])ccc2F)C1=O. The molecular weight excluding hydrogens is 387 g/mol. The normalized spacial score (nSPS) is 22.2. The van der Waals surface area contributed by atoms with Gasteiger partial charge in [-0.05, 0) is 24.8 Å². The summed E-state index contributed by atoms with van der Waals surface area (Å²) in [6.07, 6.45) is 3.21. The average molecular weight is 406 g/mol. The van der Waals surface area contributed by atoms with Crippen molar-refractivity contribution in [1.82, 2.24) is 9.80 Å². The second-order valence-electron chi connectivity index (χ2n) is 7.15. The molecular formula is C18H19FN4O6. The Morgan fingerprint density at radius 2 is 1.93 bits per heavy atom. The lowest BCUT2D eigenvalue weighted by Gasteiger charge is -2.34. The summed E-state index contributed by atoms with van der Waals surface area (Å²) in [5, 5.41) is 12.9. The maximum Gasteiger partial charge on any atom is 0.334 e. The average Bonchev–Trinajstić information content (AvgIpc) is 2.87. The van der Waals surface area contributed by atoms with E-state index in [0.717, 1.165) is 42.4 Å². The largest absolute Gasteiger partial charge is 0.334 e. The molecule has 0 aromatic heterocycles. The number of imide groups is 2. The van der Waals surface area contributed by atoms with Crippen LogP contribution < -0.4 is 5.32 Å². The first-order valence-corrected chi connectivity index (χ1v) is 9.13. The number of nitro groups is 1. The molecule has 5 amide bonds. The van der Waals surface area contributed by atoms with E-state index < -0.39 is 58.5 Å². The zero-order chi connectivity index (χ0) is 21.3. The minimum atomic E-state index is -1.12. The minimum absolute atomic E-state index is 0.0391. The Morgan fingerprint density at radius 1 is 1.24 bits per heavy atom. The molecule has 1 heterocycles. The van der Waals surface area contributed by atoms with E-state index >= 15 is 0 Å². The number of carbonyl (C=O) groups is 4. The first kappa shape index (κ1) is 20.4. The maximum absolute atomic E-state index is 13.8. The summed E-state index contributed by atoms with van der Waals surface area (Å²) in [5.74, 6) is -3.95. The predicted molar refractivity (Wildman–Crippen MR) is 97.1 cm³/mol. The molecule has 1 saturated carbocycles. The summed E-state index contributed by atoms with van der Waals surface area (Å²) in [7, 11) is 0. The van der Waals surface area contributed by atoms with Gasteiger partial charge in [-0.2, -0.15) is 0 Å². The third-order valence-corrected chi connectivity index (χ3v) is 5.22. The topological polar surface area (TPSA) is 130 Å². The Morgan fingerprint density at radius 3 is 2.59 bits per heavy atom. The van der Waals surface area contributed by atoms with Gasteiger partial charge in [-0.15, -0.1) is 0 Å². The molecule has 1 aliphatic heterocycles. The van der Waals surface area contributed by atoms with Crippen LogP contribution in [0.5, 0.6) is 0 Å². The molecule has 2 fully saturated rings. The van der Waals surface area contributed by atoms with Crippen LogP contribution in [0, 0.1) is 21.8 Å². The minimum Gasteiger partial charge on any atom is -0.322 e. The molecule has 1 saturated heterocycles. The molecule has 0 bridgehead atoms. The van der Waals surface area contributed by atoms with Gasteiger partial charge in [0.1, 0.15) is 12.4 Å². The predicted octanol–water partition coefficient (Wildman–Crippen LogP) is 2.04. The Kier molecular flexibility index (Phi) is 5.57. The van der Waals surface area contributed by atoms with Crippen molar-refractivity contribution in [3.8, 4) is 0 Å². The molecule has 0 radical (unpaired) electrons. The second-order valence-corrected chi connectivity index (χ2v) is 7.15. The van der Waals surface area contributed by atoms with E-state index in [2.05, 4.69) is 5.32 Å². The van der Waals surface area contributed by atoms with E-state index in [4.69, 9.17) is 0 Å². The van der Waals surface area contributed by atoms with Gasteiger partial charge < -0.3 is 5.32 Å². The number of hydrogen-bond acceptors (Lipinski definition) is 6. The lowest BCUT2D eigenvalue weighted by atomic mass is 9.85. The first-order valence-electron chi connectivity index (χ1n) is 9.13. The van der Waals surface area contributed by atoms with E-state index in [0.29, 0.717) is 11.3 Å². The summed E-state index contributed by atoms with van der Waals surface area (Å²) in [5.41, 5.74) is -0.907. The summed E-state index contributed by atoms with van der Waals surface area (Å²) < 4.78 is 13.8. The Labute approximate surface area is 164 Å². The van der Waals surface area contributed by atoms with Crippen LogP contribution in [0.4, 0.5) is 20.6 Å². The van der Waals surface area contributed by atoms with E-state index in [1.54, 1.807) is 0 Å². The number of urea groups is 1. The maximum atomic E-state index is 13.8. The number of rotatable bonds is 5. The third kappa shape index (κ3) is 3.93. The number of nitro benzene ring substituents is 1. The van der Waals surface area contributed by atoms with Crippen LogP contribution >= 0.6 is 0 Å². The molecule has 1 aliphatic carbocycles. The molecule has 1 aromatic rings. The summed E-state index contributed by atoms with van der Waals surface area (Å²) >= 11 is 0. The summed E-state index contributed by atoms with van der Waals surface area (Å²) in [6, 6.07) is 1.28. The van der Waals surface area contributed by atoms with Crippen molar-refractivity contribution in [2.24, 2.45) is 5.92 Å². The number of nitrogens with zero attached hydrogens (tertiary/aromatic N) is 3. The molecule has 0 spiro atoms. The molecule has 1 N–H and O–H groups in total. The molecule has 11 heteroatoms. The van der Waals surface area contributed by atoms with Crippen LogP contribution in [0.15, 0.2) is 18.2 Å². The third-order valence-electron chi connectivity index (χ3n) is 5.22. The van der Waals surface area contributed by atoms with Crippen LogP contribution in [0.1, 0.15) is 32.6 Å². The number of halogens is 1. The molecule has 2 aliphatic rings. The Balaban J connectivity index is 1.73. The van der Waals surface area contributed by atoms with E-state index in [1.165, 1.54) is 0 Å². The van der Waals surface area contributed by atoms with Crippen LogP contribution in [0.3, 0.4) is 0 Å². The highest BCUT2D eigenvalue weighted by Gasteiger charge is 2.49. The number of hydrogen-bond donors (Lipinski definition) is 1. The quantitative estimate of drug-likeness (QED) is 0.345. The van der Waals surface area contributed by atoms with Crippen LogP contribution in [0.2, 0.25) is 0 Å². The van der Waals surface area contributed by atoms with E-state index in [1.807, 2.05) is 6.92 Å². The summed E-state index contributed by atoms with van der Waals surface area (Å²) in [6.45, 7) is 1.10. The second kappa shape index (κ2) is 7.94. The van der Waals surface area contributed by atoms with Gasteiger partial charge in [0.15, 0.2) is 0 Å². The fourth-order valence-electron chi connectivity index (χ4n) is 3.69. The highest BCUT2D eigenvalue weighted by Crippen LogP contribution is 2.31. The number of non-ortho nitro benzene ring substituents is 1. The van der Waals surface area contributed by atoms with Crippen molar-refractivity contribution in [3.63, 3.8) is 0 Å². The number of anilines is 1. The van der Waals surface area contributed by atoms with Crippen LogP contribution in [-0.4, -0.2) is 51.1 Å². The monoisotopic (exact) mass is 406 g/mol. The summed E-state index contributed by atoms with van der Waals surface area (Å²) in [4.78, 5) is 60.9.